The summed E-state index contributed by atoms with van der Waals surface area (Å²) in [6.07, 6.45) is 0. The number of aromatic nitrogens is 3. The molecule has 0 saturated heterocycles. The molecule has 4 nitrogen and oxygen atoms in total. The van der Waals surface area contributed by atoms with Gasteiger partial charge in [-0.3, -0.25) is 0 Å². The van der Waals surface area contributed by atoms with Crippen molar-refractivity contribution in [1.82, 2.24) is 19.9 Å². The fraction of sp³-hybridized carbons (Fsp3) is 0.312. The third-order valence-corrected chi connectivity index (χ3v) is 3.93. The molecular formula is C16H20N4. The van der Waals surface area contributed by atoms with E-state index in [0.717, 1.165) is 29.9 Å². The quantitative estimate of drug-likeness (QED) is 0.764. The lowest BCUT2D eigenvalue weighted by Crippen LogP contribution is -2.14. The number of nitrogens with zero attached hydrogens (tertiary/aromatic N) is 2. The fourth-order valence-electron chi connectivity index (χ4n) is 2.52. The van der Waals surface area contributed by atoms with Gasteiger partial charge in [0, 0.05) is 25.0 Å². The average Bonchev–Trinajstić information content (AvgIpc) is 2.96. The molecule has 0 aliphatic carbocycles. The monoisotopic (exact) mass is 268 g/mol. The van der Waals surface area contributed by atoms with Crippen molar-refractivity contribution in [3.8, 4) is 0 Å². The Morgan fingerprint density at radius 1 is 1.20 bits per heavy atom. The highest BCUT2D eigenvalue weighted by Gasteiger charge is 2.06. The third kappa shape index (κ3) is 2.34. The average molecular weight is 268 g/mol. The number of imidazole rings is 1. The molecule has 0 saturated carbocycles. The van der Waals surface area contributed by atoms with Gasteiger partial charge in [-0.05, 0) is 37.6 Å². The first-order chi connectivity index (χ1) is 9.65. The molecule has 0 aliphatic heterocycles. The number of H-pyrrole nitrogens is 1. The van der Waals surface area contributed by atoms with Crippen LogP contribution in [0.4, 0.5) is 0 Å². The van der Waals surface area contributed by atoms with Crippen LogP contribution in [0.3, 0.4) is 0 Å². The van der Waals surface area contributed by atoms with Gasteiger partial charge in [-0.2, -0.15) is 0 Å². The minimum atomic E-state index is 0.752. The van der Waals surface area contributed by atoms with E-state index >= 15 is 0 Å². The molecule has 2 heterocycles. The van der Waals surface area contributed by atoms with E-state index < -0.39 is 0 Å². The van der Waals surface area contributed by atoms with Gasteiger partial charge in [0.1, 0.15) is 5.82 Å². The minimum absolute atomic E-state index is 0.752. The van der Waals surface area contributed by atoms with Gasteiger partial charge in [-0.15, -0.1) is 0 Å². The summed E-state index contributed by atoms with van der Waals surface area (Å²) < 4.78 is 2.22. The van der Waals surface area contributed by atoms with E-state index in [4.69, 9.17) is 0 Å². The molecule has 1 aromatic carbocycles. The molecule has 4 heteroatoms. The molecule has 0 fully saturated rings. The predicted molar refractivity (Wildman–Crippen MR) is 81.5 cm³/mol. The first kappa shape index (κ1) is 12.9. The Balaban J connectivity index is 1.66. The number of hydrogen-bond donors (Lipinski definition) is 2. The van der Waals surface area contributed by atoms with Gasteiger partial charge in [-0.1, -0.05) is 12.1 Å². The van der Waals surface area contributed by atoms with Crippen molar-refractivity contribution in [3.63, 3.8) is 0 Å². The second-order valence-electron chi connectivity index (χ2n) is 5.26. The zero-order valence-electron chi connectivity index (χ0n) is 12.2. The Hall–Kier alpha value is -2.07. The van der Waals surface area contributed by atoms with E-state index in [1.807, 2.05) is 18.2 Å². The van der Waals surface area contributed by atoms with Crippen LogP contribution in [0.2, 0.25) is 0 Å². The molecule has 0 atom stereocenters. The van der Waals surface area contributed by atoms with Crippen molar-refractivity contribution in [2.24, 2.45) is 7.05 Å². The molecule has 0 spiro atoms. The van der Waals surface area contributed by atoms with Gasteiger partial charge in [0.15, 0.2) is 0 Å². The summed E-state index contributed by atoms with van der Waals surface area (Å²) in [6.45, 7) is 5.91. The summed E-state index contributed by atoms with van der Waals surface area (Å²) in [7, 11) is 2.10. The number of fused-ring (bicyclic) bond motifs is 1. The number of aryl methyl sites for hydroxylation is 1. The Kier molecular flexibility index (Phi) is 3.32. The van der Waals surface area contributed by atoms with Crippen molar-refractivity contribution >= 4 is 11.0 Å². The predicted octanol–water partition coefficient (Wildman–Crippen LogP) is 2.81. The molecule has 20 heavy (non-hydrogen) atoms. The molecule has 0 aliphatic rings. The standard InChI is InChI=1S/C16H20N4/c1-11-8-13(12(2)20(11)3)9-17-10-16-18-14-6-4-5-7-15(14)19-16/h4-8,17H,9-10H2,1-3H3,(H,18,19). The lowest BCUT2D eigenvalue weighted by molar-refractivity contribution is 0.665. The van der Waals surface area contributed by atoms with Crippen molar-refractivity contribution in [2.45, 2.75) is 26.9 Å². The third-order valence-electron chi connectivity index (χ3n) is 3.93. The maximum Gasteiger partial charge on any atom is 0.121 e. The summed E-state index contributed by atoms with van der Waals surface area (Å²) in [5.41, 5.74) is 6.08. The first-order valence-electron chi connectivity index (χ1n) is 6.91. The summed E-state index contributed by atoms with van der Waals surface area (Å²) in [4.78, 5) is 7.90. The SMILES string of the molecule is Cc1cc(CNCc2nc3ccccc3[nH]2)c(C)n1C. The van der Waals surface area contributed by atoms with E-state index in [9.17, 15) is 0 Å². The maximum atomic E-state index is 4.57. The second kappa shape index (κ2) is 5.13. The Morgan fingerprint density at radius 2 is 2.00 bits per heavy atom. The summed E-state index contributed by atoms with van der Waals surface area (Å²) in [5, 5.41) is 3.45. The number of rotatable bonds is 4. The van der Waals surface area contributed by atoms with Gasteiger partial charge in [0.05, 0.1) is 17.6 Å². The Bertz CT molecular complexity index is 703. The molecule has 0 amide bonds. The van der Waals surface area contributed by atoms with Gasteiger partial charge < -0.3 is 14.9 Å². The number of para-hydroxylation sites is 2. The zero-order chi connectivity index (χ0) is 14.1. The van der Waals surface area contributed by atoms with Crippen LogP contribution in [0, 0.1) is 13.8 Å². The molecule has 3 aromatic rings. The first-order valence-corrected chi connectivity index (χ1v) is 6.91. The van der Waals surface area contributed by atoms with Crippen LogP contribution in [0.25, 0.3) is 11.0 Å². The Labute approximate surface area is 118 Å². The lowest BCUT2D eigenvalue weighted by atomic mass is 10.2. The van der Waals surface area contributed by atoms with Crippen LogP contribution < -0.4 is 5.32 Å². The summed E-state index contributed by atoms with van der Waals surface area (Å²) in [6, 6.07) is 10.3. The highest BCUT2D eigenvalue weighted by atomic mass is 15.0. The normalized spacial score (nSPS) is 11.3. The summed E-state index contributed by atoms with van der Waals surface area (Å²) >= 11 is 0. The molecule has 104 valence electrons. The Morgan fingerprint density at radius 3 is 2.70 bits per heavy atom. The minimum Gasteiger partial charge on any atom is -0.352 e. The highest BCUT2D eigenvalue weighted by molar-refractivity contribution is 5.74. The van der Waals surface area contributed by atoms with Crippen molar-refractivity contribution in [1.29, 1.82) is 0 Å². The van der Waals surface area contributed by atoms with Crippen LogP contribution in [0.15, 0.2) is 30.3 Å². The van der Waals surface area contributed by atoms with Crippen LogP contribution in [0.5, 0.6) is 0 Å². The fourth-order valence-corrected chi connectivity index (χ4v) is 2.52. The van der Waals surface area contributed by atoms with Crippen molar-refractivity contribution in [3.05, 3.63) is 53.1 Å². The number of nitrogens with one attached hydrogen (secondary N) is 2. The van der Waals surface area contributed by atoms with Crippen molar-refractivity contribution in [2.75, 3.05) is 0 Å². The van der Waals surface area contributed by atoms with Crippen LogP contribution in [0.1, 0.15) is 22.8 Å². The second-order valence-corrected chi connectivity index (χ2v) is 5.26. The van der Waals surface area contributed by atoms with E-state index in [1.54, 1.807) is 0 Å². The molecular weight excluding hydrogens is 248 g/mol. The molecule has 0 unspecified atom stereocenters. The van der Waals surface area contributed by atoms with Gasteiger partial charge in [0.25, 0.3) is 0 Å². The summed E-state index contributed by atoms with van der Waals surface area (Å²) in [5.74, 6) is 0.983. The van der Waals surface area contributed by atoms with E-state index in [1.165, 1.54) is 17.0 Å². The van der Waals surface area contributed by atoms with E-state index in [2.05, 4.69) is 52.9 Å². The van der Waals surface area contributed by atoms with E-state index in [0.29, 0.717) is 0 Å². The number of aromatic amines is 1. The maximum absolute atomic E-state index is 4.57. The van der Waals surface area contributed by atoms with Gasteiger partial charge >= 0.3 is 0 Å². The highest BCUT2D eigenvalue weighted by Crippen LogP contribution is 2.13. The smallest absolute Gasteiger partial charge is 0.121 e. The molecule has 3 rings (SSSR count). The topological polar surface area (TPSA) is 45.6 Å². The van der Waals surface area contributed by atoms with Crippen LogP contribution in [-0.4, -0.2) is 14.5 Å². The largest absolute Gasteiger partial charge is 0.352 e. The van der Waals surface area contributed by atoms with Crippen LogP contribution in [-0.2, 0) is 20.1 Å². The molecule has 0 bridgehead atoms. The number of hydrogen-bond acceptors (Lipinski definition) is 2. The molecule has 2 aromatic heterocycles. The number of benzene rings is 1. The molecule has 0 radical (unpaired) electrons. The van der Waals surface area contributed by atoms with Crippen LogP contribution >= 0.6 is 0 Å². The van der Waals surface area contributed by atoms with E-state index in [-0.39, 0.29) is 0 Å². The van der Waals surface area contributed by atoms with Gasteiger partial charge in [-0.25, -0.2) is 4.98 Å². The van der Waals surface area contributed by atoms with Crippen molar-refractivity contribution < 1.29 is 0 Å². The lowest BCUT2D eigenvalue weighted by Gasteiger charge is -2.04. The zero-order valence-corrected chi connectivity index (χ0v) is 12.2. The van der Waals surface area contributed by atoms with Gasteiger partial charge in [0.2, 0.25) is 0 Å². The molecule has 2 N–H and O–H groups in total.